The van der Waals surface area contributed by atoms with Gasteiger partial charge in [0.05, 0.1) is 0 Å². The summed E-state index contributed by atoms with van der Waals surface area (Å²) in [6.07, 6.45) is 11.6. The Morgan fingerprint density at radius 1 is 0.750 bits per heavy atom. The van der Waals surface area contributed by atoms with E-state index in [9.17, 15) is 0 Å². The number of hydrogen-bond acceptors (Lipinski definition) is 0. The van der Waals surface area contributed by atoms with Crippen molar-refractivity contribution in [2.45, 2.75) is 22.1 Å². The van der Waals surface area contributed by atoms with Crippen LogP contribution in [0.15, 0.2) is 48.6 Å². The van der Waals surface area contributed by atoms with Gasteiger partial charge in [-0.25, -0.2) is 0 Å². The molecule has 24 heavy (non-hydrogen) atoms. The molecule has 4 heteroatoms. The number of benzene rings is 2. The van der Waals surface area contributed by atoms with E-state index in [4.69, 9.17) is 0 Å². The van der Waals surface area contributed by atoms with Crippen molar-refractivity contribution in [2.75, 3.05) is 0 Å². The average Bonchev–Trinajstić information content (AvgIpc) is 3.14. The summed E-state index contributed by atoms with van der Waals surface area (Å²) in [6.45, 7) is 2.33. The van der Waals surface area contributed by atoms with Gasteiger partial charge in [0.15, 0.2) is 0 Å². The second-order valence-corrected chi connectivity index (χ2v) is 36.1. The summed E-state index contributed by atoms with van der Waals surface area (Å²) in [4.78, 5) is 0. The molecule has 0 unspecified atom stereocenters. The molecule has 0 spiro atoms. The molecular weight excluding hydrogens is 430 g/mol. The molecule has 0 amide bonds. The van der Waals surface area contributed by atoms with Crippen molar-refractivity contribution in [1.82, 2.24) is 0 Å². The standard InChI is InChI=1S/2C9H7.2CH3.2ClH.H2Si.Zr/c2*1-2-5-9-7-3-6-8(9)4-1;;;;;;/h2*1-4,7H,6H2;2*1H3;2*1H;1H2;. The third kappa shape index (κ3) is 2.97. The molecule has 0 saturated heterocycles. The van der Waals surface area contributed by atoms with Crippen molar-refractivity contribution in [1.29, 1.82) is 0 Å². The SMILES string of the molecule is Cl.Cl.[CH3][Zr]([CH3])(=[SiH2])([c]1cccc2c1C=CC2)[c]1cccc2c1C=CC2. The zero-order valence-corrected chi connectivity index (χ0v) is 19.7. The first-order valence-corrected chi connectivity index (χ1v) is 21.4. The van der Waals surface area contributed by atoms with Crippen LogP contribution in [0.1, 0.15) is 22.3 Å². The van der Waals surface area contributed by atoms with Gasteiger partial charge in [0.25, 0.3) is 0 Å². The first kappa shape index (κ1) is 19.9. The third-order valence-electron chi connectivity index (χ3n) is 5.37. The van der Waals surface area contributed by atoms with E-state index in [0.717, 1.165) is 12.8 Å². The van der Waals surface area contributed by atoms with Crippen molar-refractivity contribution in [2.24, 2.45) is 0 Å². The predicted molar refractivity (Wildman–Crippen MR) is 112 cm³/mol. The zero-order chi connectivity index (χ0) is 15.4. The first-order valence-electron chi connectivity index (χ1n) is 8.11. The Balaban J connectivity index is 0.00000104. The molecule has 0 radical (unpaired) electrons. The molecule has 0 heterocycles. The molecule has 126 valence electrons. The molecule has 4 rings (SSSR count). The van der Waals surface area contributed by atoms with Crippen LogP contribution in [0.4, 0.5) is 0 Å². The number of hydrogen-bond donors (Lipinski definition) is 0. The Hall–Kier alpha value is -0.400. The van der Waals surface area contributed by atoms with Gasteiger partial charge < -0.3 is 0 Å². The van der Waals surface area contributed by atoms with Gasteiger partial charge in [-0.3, -0.25) is 0 Å². The van der Waals surface area contributed by atoms with Crippen LogP contribution in [0.2, 0.25) is 9.26 Å². The molecule has 0 aliphatic heterocycles. The average molecular weight is 455 g/mol. The van der Waals surface area contributed by atoms with Gasteiger partial charge in [0.1, 0.15) is 0 Å². The Kier molecular flexibility index (Phi) is 5.58. The molecule has 0 nitrogen and oxygen atoms in total. The summed E-state index contributed by atoms with van der Waals surface area (Å²) in [6, 6.07) is 13.9. The maximum atomic E-state index is 2.60. The molecule has 0 fully saturated rings. The quantitative estimate of drug-likeness (QED) is 0.603. The monoisotopic (exact) mass is 452 g/mol. The maximum absolute atomic E-state index is 3.18. The summed E-state index contributed by atoms with van der Waals surface area (Å²) in [7, 11) is 0. The molecule has 0 aromatic heterocycles. The Bertz CT molecular complexity index is 850. The van der Waals surface area contributed by atoms with Crippen molar-refractivity contribution in [3.63, 3.8) is 0 Å². The molecule has 2 aliphatic carbocycles. The van der Waals surface area contributed by atoms with E-state index < -0.39 is 17.4 Å². The number of halogens is 2. The van der Waals surface area contributed by atoms with Crippen molar-refractivity contribution < 1.29 is 17.4 Å². The molecule has 0 N–H and O–H groups in total. The van der Waals surface area contributed by atoms with E-state index >= 15 is 0 Å². The minimum absolute atomic E-state index is 0. The van der Waals surface area contributed by atoms with Crippen LogP contribution in [0.25, 0.3) is 12.2 Å². The minimum atomic E-state index is -3.18. The van der Waals surface area contributed by atoms with Crippen molar-refractivity contribution in [3.8, 4) is 0 Å². The second kappa shape index (κ2) is 6.72. The Morgan fingerprint density at radius 3 is 1.58 bits per heavy atom. The number of fused-ring (bicyclic) bond motifs is 2. The molecule has 2 aromatic carbocycles. The van der Waals surface area contributed by atoms with Crippen LogP contribution in [-0.4, -0.2) is 6.88 Å². The van der Waals surface area contributed by atoms with E-state index in [1.54, 1.807) is 6.54 Å². The molecule has 0 bridgehead atoms. The summed E-state index contributed by atoms with van der Waals surface area (Å²) in [5.74, 6) is 0. The third-order valence-corrected chi connectivity index (χ3v) is 20.5. The van der Waals surface area contributed by atoms with Crippen LogP contribution in [0.3, 0.4) is 0 Å². The fraction of sp³-hybridized carbons (Fsp3) is 0.200. The van der Waals surface area contributed by atoms with E-state index in [1.807, 2.05) is 0 Å². The van der Waals surface area contributed by atoms with Crippen LogP contribution < -0.4 is 6.54 Å². The summed E-state index contributed by atoms with van der Waals surface area (Å²) < 4.78 is 8.51. The van der Waals surface area contributed by atoms with Gasteiger partial charge in [-0.2, -0.15) is 0 Å². The summed E-state index contributed by atoms with van der Waals surface area (Å²) >= 11 is -3.18. The van der Waals surface area contributed by atoms with Gasteiger partial charge in [0.2, 0.25) is 0 Å². The van der Waals surface area contributed by atoms with Gasteiger partial charge in [-0.1, -0.05) is 0 Å². The second-order valence-electron chi connectivity index (χ2n) is 7.66. The van der Waals surface area contributed by atoms with Crippen LogP contribution in [0.5, 0.6) is 0 Å². The van der Waals surface area contributed by atoms with E-state index in [0.29, 0.717) is 0 Å². The van der Waals surface area contributed by atoms with Crippen LogP contribution >= 0.6 is 24.8 Å². The number of rotatable bonds is 2. The molecular formula is C20H24Cl2SiZr. The predicted octanol–water partition coefficient (Wildman–Crippen LogP) is 3.95. The van der Waals surface area contributed by atoms with E-state index in [1.165, 1.54) is 22.3 Å². The summed E-state index contributed by atoms with van der Waals surface area (Å²) in [5, 5.41) is 0. The molecule has 2 aliphatic rings. The normalized spacial score (nSPS) is 14.6. The summed E-state index contributed by atoms with van der Waals surface area (Å²) in [5.41, 5.74) is 6.06. The molecule has 2 aromatic rings. The van der Waals surface area contributed by atoms with E-state index in [2.05, 4.69) is 76.8 Å². The van der Waals surface area contributed by atoms with Gasteiger partial charge >= 0.3 is 136 Å². The van der Waals surface area contributed by atoms with Crippen LogP contribution in [0, 0.1) is 0 Å². The van der Waals surface area contributed by atoms with Gasteiger partial charge in [-0.15, -0.1) is 24.8 Å². The Labute approximate surface area is 159 Å². The van der Waals surface area contributed by atoms with Gasteiger partial charge in [-0.05, 0) is 0 Å². The first-order chi connectivity index (χ1) is 10.5. The van der Waals surface area contributed by atoms with E-state index in [-0.39, 0.29) is 24.8 Å². The topological polar surface area (TPSA) is 0 Å². The Morgan fingerprint density at radius 2 is 1.17 bits per heavy atom. The number of allylic oxidation sites excluding steroid dienone is 2. The van der Waals surface area contributed by atoms with Crippen molar-refractivity contribution in [3.05, 3.63) is 70.8 Å². The van der Waals surface area contributed by atoms with Crippen molar-refractivity contribution >= 4 is 50.4 Å². The zero-order valence-electron chi connectivity index (χ0n) is 14.2. The fourth-order valence-corrected chi connectivity index (χ4v) is 17.0. The van der Waals surface area contributed by atoms with Crippen LogP contribution in [-0.2, 0) is 30.2 Å². The van der Waals surface area contributed by atoms with Gasteiger partial charge in [0, 0.05) is 0 Å². The fourth-order valence-electron chi connectivity index (χ4n) is 4.13. The molecule has 0 atom stereocenters. The molecule has 0 saturated carbocycles.